The van der Waals surface area contributed by atoms with Crippen molar-refractivity contribution in [2.45, 2.75) is 78.6 Å². The van der Waals surface area contributed by atoms with E-state index in [2.05, 4.69) is 184 Å². The van der Waals surface area contributed by atoms with Crippen LogP contribution in [-0.2, 0) is 13.1 Å². The summed E-state index contributed by atoms with van der Waals surface area (Å²) in [6, 6.07) is 56.0. The summed E-state index contributed by atoms with van der Waals surface area (Å²) in [5.74, 6) is 0. The van der Waals surface area contributed by atoms with E-state index in [9.17, 15) is 0 Å². The van der Waals surface area contributed by atoms with Crippen LogP contribution >= 0.6 is 15.8 Å². The van der Waals surface area contributed by atoms with Crippen molar-refractivity contribution in [3.05, 3.63) is 179 Å². The van der Waals surface area contributed by atoms with Gasteiger partial charge >= 0.3 is 0 Å². The van der Waals surface area contributed by atoms with Crippen LogP contribution in [0.2, 0.25) is 0 Å². The highest BCUT2D eigenvalue weighted by atomic mass is 31.1. The monoisotopic (exact) mass is 718 g/mol. The Morgan fingerprint density at radius 2 is 0.692 bits per heavy atom. The van der Waals surface area contributed by atoms with Crippen LogP contribution in [0, 0.1) is 27.7 Å². The lowest BCUT2D eigenvalue weighted by Crippen LogP contribution is -2.49. The molecule has 0 bridgehead atoms. The van der Waals surface area contributed by atoms with Gasteiger partial charge in [-0.3, -0.25) is 0 Å². The third-order valence-corrected chi connectivity index (χ3v) is 15.6. The summed E-state index contributed by atoms with van der Waals surface area (Å²) < 4.78 is 0. The van der Waals surface area contributed by atoms with Crippen LogP contribution in [0.25, 0.3) is 0 Å². The van der Waals surface area contributed by atoms with Crippen molar-refractivity contribution in [2.24, 2.45) is 0 Å². The van der Waals surface area contributed by atoms with Crippen LogP contribution in [0.5, 0.6) is 0 Å². The summed E-state index contributed by atoms with van der Waals surface area (Å²) in [5, 5.41) is 16.7. The molecule has 7 rings (SSSR count). The quantitative estimate of drug-likeness (QED) is 0.124. The van der Waals surface area contributed by atoms with Crippen LogP contribution in [0.4, 0.5) is 0 Å². The molecule has 0 saturated heterocycles. The molecule has 1 saturated carbocycles. The van der Waals surface area contributed by atoms with Gasteiger partial charge in [0, 0.05) is 25.2 Å². The van der Waals surface area contributed by atoms with E-state index >= 15 is 0 Å². The molecule has 2 N–H and O–H groups in total. The number of hydrogen-bond donors (Lipinski definition) is 2. The van der Waals surface area contributed by atoms with Crippen LogP contribution < -0.4 is 42.5 Å². The van der Waals surface area contributed by atoms with Gasteiger partial charge in [-0.2, -0.15) is 0 Å². The minimum absolute atomic E-state index is 0.426. The first kappa shape index (κ1) is 36.5. The molecule has 0 amide bonds. The topological polar surface area (TPSA) is 24.1 Å². The largest absolute Gasteiger partial charge is 0.308 e. The van der Waals surface area contributed by atoms with Crippen molar-refractivity contribution in [1.82, 2.24) is 10.6 Å². The molecular weight excluding hydrogens is 666 g/mol. The first-order valence-corrected chi connectivity index (χ1v) is 21.6. The third-order valence-electron chi connectivity index (χ3n) is 10.5. The van der Waals surface area contributed by atoms with Crippen molar-refractivity contribution < 1.29 is 0 Å². The molecule has 2 unspecified atom stereocenters. The van der Waals surface area contributed by atoms with Gasteiger partial charge in [0.05, 0.1) is 0 Å². The van der Waals surface area contributed by atoms with Gasteiger partial charge in [-0.05, 0) is 99.3 Å². The Bertz CT molecular complexity index is 1790. The molecule has 2 atom stereocenters. The number of nitrogens with one attached hydrogen (secondary N) is 2. The van der Waals surface area contributed by atoms with E-state index in [4.69, 9.17) is 0 Å². The summed E-state index contributed by atoms with van der Waals surface area (Å²) in [5.41, 5.74) is 8.03. The molecular formula is C48H52N2P2. The minimum Gasteiger partial charge on any atom is -0.308 e. The molecule has 6 aromatic rings. The summed E-state index contributed by atoms with van der Waals surface area (Å²) in [6.45, 7) is 10.5. The lowest BCUT2D eigenvalue weighted by atomic mass is 9.90. The molecule has 1 aliphatic carbocycles. The SMILES string of the molecule is Cc1ccc(P(c2ccc(C)cc2)c2ccccc2CNC2CCCCC2NCc2ccccc2P(c2ccc(C)cc2)c2ccc(C)cc2)cc1. The van der Waals surface area contributed by atoms with E-state index in [0.717, 1.165) is 13.1 Å². The zero-order chi connectivity index (χ0) is 35.9. The summed E-state index contributed by atoms with van der Waals surface area (Å²) in [4.78, 5) is 0. The van der Waals surface area contributed by atoms with Gasteiger partial charge in [-0.1, -0.05) is 181 Å². The Balaban J connectivity index is 1.11. The second kappa shape index (κ2) is 17.3. The second-order valence-corrected chi connectivity index (χ2v) is 18.9. The summed E-state index contributed by atoms with van der Waals surface area (Å²) in [7, 11) is -1.35. The van der Waals surface area contributed by atoms with Crippen LogP contribution in [0.15, 0.2) is 146 Å². The van der Waals surface area contributed by atoms with Gasteiger partial charge in [0.1, 0.15) is 0 Å². The first-order valence-electron chi connectivity index (χ1n) is 18.9. The third kappa shape index (κ3) is 8.82. The lowest BCUT2D eigenvalue weighted by Gasteiger charge is -2.34. The normalized spacial score (nSPS) is 16.0. The Morgan fingerprint density at radius 3 is 1.00 bits per heavy atom. The number of hydrogen-bond acceptors (Lipinski definition) is 2. The smallest absolute Gasteiger partial charge is 0.0224 e. The second-order valence-electron chi connectivity index (χ2n) is 14.5. The van der Waals surface area contributed by atoms with Crippen molar-refractivity contribution in [3.8, 4) is 0 Å². The Labute approximate surface area is 314 Å². The molecule has 0 radical (unpaired) electrons. The molecule has 1 fully saturated rings. The van der Waals surface area contributed by atoms with Gasteiger partial charge < -0.3 is 10.6 Å². The maximum Gasteiger partial charge on any atom is 0.0224 e. The molecule has 1 aliphatic rings. The highest BCUT2D eigenvalue weighted by molar-refractivity contribution is 7.80. The zero-order valence-corrected chi connectivity index (χ0v) is 32.9. The molecule has 264 valence electrons. The molecule has 0 spiro atoms. The van der Waals surface area contributed by atoms with Crippen molar-refractivity contribution in [3.63, 3.8) is 0 Å². The summed E-state index contributed by atoms with van der Waals surface area (Å²) in [6.07, 6.45) is 4.95. The molecule has 0 aromatic heterocycles. The van der Waals surface area contributed by atoms with Crippen molar-refractivity contribution in [2.75, 3.05) is 0 Å². The minimum atomic E-state index is -0.675. The fraction of sp³-hybridized carbons (Fsp3) is 0.250. The number of rotatable bonds is 12. The predicted octanol–water partition coefficient (Wildman–Crippen LogP) is 8.63. The Kier molecular flexibility index (Phi) is 12.1. The number of benzene rings is 6. The van der Waals surface area contributed by atoms with E-state index in [1.807, 2.05) is 0 Å². The Morgan fingerprint density at radius 1 is 0.404 bits per heavy atom. The van der Waals surface area contributed by atoms with Gasteiger partial charge in [0.2, 0.25) is 0 Å². The average Bonchev–Trinajstić information content (AvgIpc) is 3.17. The van der Waals surface area contributed by atoms with Gasteiger partial charge in [-0.25, -0.2) is 0 Å². The highest BCUT2D eigenvalue weighted by Gasteiger charge is 2.27. The van der Waals surface area contributed by atoms with E-state index in [-0.39, 0.29) is 0 Å². The molecule has 2 nitrogen and oxygen atoms in total. The maximum absolute atomic E-state index is 4.09. The molecule has 4 heteroatoms. The molecule has 0 heterocycles. The van der Waals surface area contributed by atoms with E-state index < -0.39 is 15.8 Å². The van der Waals surface area contributed by atoms with Crippen molar-refractivity contribution >= 4 is 47.7 Å². The van der Waals surface area contributed by atoms with Gasteiger partial charge in [0.15, 0.2) is 0 Å². The molecule has 0 aliphatic heterocycles. The number of aryl methyl sites for hydroxylation is 4. The van der Waals surface area contributed by atoms with E-state index in [1.165, 1.54) is 90.9 Å². The van der Waals surface area contributed by atoms with E-state index in [0.29, 0.717) is 12.1 Å². The van der Waals surface area contributed by atoms with Crippen LogP contribution in [0.3, 0.4) is 0 Å². The van der Waals surface area contributed by atoms with Crippen LogP contribution in [0.1, 0.15) is 59.1 Å². The fourth-order valence-corrected chi connectivity index (χ4v) is 12.3. The fourth-order valence-electron chi connectivity index (χ4n) is 7.49. The summed E-state index contributed by atoms with van der Waals surface area (Å²) >= 11 is 0. The standard InChI is InChI=1S/C48H52N2P2/c1-35-17-25-41(26-18-35)51(42-27-19-36(2)20-28-42)47-15-9-5-11-39(47)33-49-45-13-7-8-14-46(45)50-34-40-12-6-10-16-48(40)52(43-29-21-37(3)22-30-43)44-31-23-38(4)24-32-44/h5-6,9-12,15-32,45-46,49-50H,7-8,13-14,33-34H2,1-4H3. The first-order chi connectivity index (χ1) is 25.4. The zero-order valence-electron chi connectivity index (χ0n) is 31.1. The van der Waals surface area contributed by atoms with E-state index in [1.54, 1.807) is 0 Å². The molecule has 6 aromatic carbocycles. The highest BCUT2D eigenvalue weighted by Crippen LogP contribution is 2.36. The average molecular weight is 719 g/mol. The maximum atomic E-state index is 4.09. The lowest BCUT2D eigenvalue weighted by molar-refractivity contribution is 0.281. The Hall–Kier alpha value is -3.90. The van der Waals surface area contributed by atoms with Crippen molar-refractivity contribution in [1.29, 1.82) is 0 Å². The van der Waals surface area contributed by atoms with Gasteiger partial charge in [0.25, 0.3) is 0 Å². The van der Waals surface area contributed by atoms with Gasteiger partial charge in [-0.15, -0.1) is 0 Å². The predicted molar refractivity (Wildman–Crippen MR) is 229 cm³/mol. The molecule has 52 heavy (non-hydrogen) atoms. The van der Waals surface area contributed by atoms with Crippen LogP contribution in [-0.4, -0.2) is 12.1 Å².